The summed E-state index contributed by atoms with van der Waals surface area (Å²) in [4.78, 5) is 0. The number of hydrogen-bond acceptors (Lipinski definition) is 0. The van der Waals surface area contributed by atoms with Crippen molar-refractivity contribution < 1.29 is 0 Å². The lowest BCUT2D eigenvalue weighted by Crippen LogP contribution is -1.87. The Hall–Kier alpha value is -0.980. The molecule has 0 aromatic carbocycles. The molecule has 0 amide bonds. The Morgan fingerprint density at radius 2 is 2.00 bits per heavy atom. The standard InChI is InChI=1S/C10H15N/c1-5-6-10-8(2)7-11(4)9(10)3/h5-7H,1-4H3/b6-5-. The normalized spacial score (nSPS) is 11.3. The molecule has 1 nitrogen and oxygen atoms in total. The van der Waals surface area contributed by atoms with Gasteiger partial charge in [0.25, 0.3) is 0 Å². The maximum Gasteiger partial charge on any atom is 0.0215 e. The van der Waals surface area contributed by atoms with Gasteiger partial charge in [0.05, 0.1) is 0 Å². The fraction of sp³-hybridized carbons (Fsp3) is 0.400. The second-order valence-corrected chi connectivity index (χ2v) is 2.92. The Kier molecular flexibility index (Phi) is 2.18. The summed E-state index contributed by atoms with van der Waals surface area (Å²) >= 11 is 0. The van der Waals surface area contributed by atoms with Crippen molar-refractivity contribution in [1.29, 1.82) is 0 Å². The number of aryl methyl sites for hydroxylation is 2. The number of allylic oxidation sites excluding steroid dienone is 1. The fourth-order valence-electron chi connectivity index (χ4n) is 1.35. The summed E-state index contributed by atoms with van der Waals surface area (Å²) in [6, 6.07) is 0. The van der Waals surface area contributed by atoms with Crippen molar-refractivity contribution in [1.82, 2.24) is 4.57 Å². The first-order chi connectivity index (χ1) is 5.16. The second kappa shape index (κ2) is 2.95. The van der Waals surface area contributed by atoms with Crippen LogP contribution in [0.4, 0.5) is 0 Å². The molecule has 0 N–H and O–H groups in total. The van der Waals surface area contributed by atoms with Gasteiger partial charge >= 0.3 is 0 Å². The summed E-state index contributed by atoms with van der Waals surface area (Å²) in [5.41, 5.74) is 4.04. The van der Waals surface area contributed by atoms with Crippen molar-refractivity contribution in [3.05, 3.63) is 29.1 Å². The van der Waals surface area contributed by atoms with Crippen LogP contribution in [0.2, 0.25) is 0 Å². The summed E-state index contributed by atoms with van der Waals surface area (Å²) in [5.74, 6) is 0. The first-order valence-electron chi connectivity index (χ1n) is 3.92. The second-order valence-electron chi connectivity index (χ2n) is 2.92. The third-order valence-electron chi connectivity index (χ3n) is 2.06. The molecule has 0 aliphatic carbocycles. The fourth-order valence-corrected chi connectivity index (χ4v) is 1.35. The zero-order chi connectivity index (χ0) is 8.43. The van der Waals surface area contributed by atoms with E-state index in [9.17, 15) is 0 Å². The van der Waals surface area contributed by atoms with E-state index < -0.39 is 0 Å². The lowest BCUT2D eigenvalue weighted by molar-refractivity contribution is 0.879. The molecule has 0 atom stereocenters. The molecule has 0 saturated carbocycles. The van der Waals surface area contributed by atoms with Crippen LogP contribution in [0.15, 0.2) is 12.3 Å². The highest BCUT2D eigenvalue weighted by Crippen LogP contribution is 2.16. The summed E-state index contributed by atoms with van der Waals surface area (Å²) in [5, 5.41) is 0. The number of nitrogens with zero attached hydrogens (tertiary/aromatic N) is 1. The van der Waals surface area contributed by atoms with Gasteiger partial charge in [0.2, 0.25) is 0 Å². The lowest BCUT2D eigenvalue weighted by Gasteiger charge is -1.95. The van der Waals surface area contributed by atoms with Crippen molar-refractivity contribution in [3.8, 4) is 0 Å². The van der Waals surface area contributed by atoms with E-state index in [0.29, 0.717) is 0 Å². The number of rotatable bonds is 1. The SMILES string of the molecule is C/C=C\c1c(C)cn(C)c1C. The molecule has 1 heteroatoms. The van der Waals surface area contributed by atoms with E-state index in [-0.39, 0.29) is 0 Å². The molecule has 1 heterocycles. The monoisotopic (exact) mass is 149 g/mol. The predicted molar refractivity (Wildman–Crippen MR) is 49.6 cm³/mol. The van der Waals surface area contributed by atoms with Gasteiger partial charge in [0, 0.05) is 18.9 Å². The molecule has 0 fully saturated rings. The summed E-state index contributed by atoms with van der Waals surface area (Å²) < 4.78 is 2.16. The summed E-state index contributed by atoms with van der Waals surface area (Å²) in [6.07, 6.45) is 6.39. The quantitative estimate of drug-likeness (QED) is 0.578. The zero-order valence-corrected chi connectivity index (χ0v) is 7.68. The van der Waals surface area contributed by atoms with Crippen molar-refractivity contribution in [2.24, 2.45) is 7.05 Å². The minimum atomic E-state index is 1.33. The largest absolute Gasteiger partial charge is 0.354 e. The minimum absolute atomic E-state index is 1.33. The van der Waals surface area contributed by atoms with Gasteiger partial charge in [0.15, 0.2) is 0 Å². The Bertz CT molecular complexity index is 279. The van der Waals surface area contributed by atoms with E-state index in [2.05, 4.69) is 43.8 Å². The summed E-state index contributed by atoms with van der Waals surface area (Å²) in [6.45, 7) is 6.33. The molecule has 11 heavy (non-hydrogen) atoms. The van der Waals surface area contributed by atoms with Gasteiger partial charge in [-0.05, 0) is 31.9 Å². The Labute approximate surface area is 68.4 Å². The molecule has 1 aromatic rings. The van der Waals surface area contributed by atoms with Gasteiger partial charge in [-0.1, -0.05) is 12.2 Å². The zero-order valence-electron chi connectivity index (χ0n) is 7.68. The maximum atomic E-state index is 2.16. The Balaban J connectivity index is 3.22. The van der Waals surface area contributed by atoms with Gasteiger partial charge < -0.3 is 4.57 Å². The van der Waals surface area contributed by atoms with Crippen LogP contribution in [0.25, 0.3) is 6.08 Å². The van der Waals surface area contributed by atoms with Crippen LogP contribution in [-0.2, 0) is 7.05 Å². The molecule has 1 aromatic heterocycles. The highest BCUT2D eigenvalue weighted by atomic mass is 14.9. The van der Waals surface area contributed by atoms with Crippen LogP contribution >= 0.6 is 0 Å². The van der Waals surface area contributed by atoms with E-state index in [0.717, 1.165) is 0 Å². The van der Waals surface area contributed by atoms with Gasteiger partial charge in [-0.15, -0.1) is 0 Å². The molecular weight excluding hydrogens is 134 g/mol. The Morgan fingerprint density at radius 1 is 1.36 bits per heavy atom. The molecule has 0 spiro atoms. The number of hydrogen-bond donors (Lipinski definition) is 0. The van der Waals surface area contributed by atoms with Crippen LogP contribution < -0.4 is 0 Å². The maximum absolute atomic E-state index is 2.16. The number of aromatic nitrogens is 1. The van der Waals surface area contributed by atoms with Gasteiger partial charge in [-0.25, -0.2) is 0 Å². The minimum Gasteiger partial charge on any atom is -0.354 e. The average Bonchev–Trinajstić information content (AvgIpc) is 2.17. The van der Waals surface area contributed by atoms with Crippen LogP contribution in [-0.4, -0.2) is 4.57 Å². The highest BCUT2D eigenvalue weighted by Gasteiger charge is 2.02. The molecule has 0 aliphatic heterocycles. The van der Waals surface area contributed by atoms with Gasteiger partial charge in [-0.2, -0.15) is 0 Å². The van der Waals surface area contributed by atoms with Crippen molar-refractivity contribution >= 4 is 6.08 Å². The third-order valence-corrected chi connectivity index (χ3v) is 2.06. The average molecular weight is 149 g/mol. The van der Waals surface area contributed by atoms with Crippen LogP contribution in [0.5, 0.6) is 0 Å². The molecule has 0 saturated heterocycles. The Morgan fingerprint density at radius 3 is 2.36 bits per heavy atom. The third kappa shape index (κ3) is 1.37. The van der Waals surface area contributed by atoms with Crippen LogP contribution in [0, 0.1) is 13.8 Å². The van der Waals surface area contributed by atoms with Crippen molar-refractivity contribution in [2.45, 2.75) is 20.8 Å². The predicted octanol–water partition coefficient (Wildman–Crippen LogP) is 2.68. The van der Waals surface area contributed by atoms with Crippen molar-refractivity contribution in [3.63, 3.8) is 0 Å². The van der Waals surface area contributed by atoms with Crippen LogP contribution in [0.1, 0.15) is 23.7 Å². The van der Waals surface area contributed by atoms with Gasteiger partial charge in [-0.3, -0.25) is 0 Å². The first-order valence-corrected chi connectivity index (χ1v) is 3.92. The molecule has 60 valence electrons. The van der Waals surface area contributed by atoms with E-state index >= 15 is 0 Å². The van der Waals surface area contributed by atoms with Gasteiger partial charge in [0.1, 0.15) is 0 Å². The summed E-state index contributed by atoms with van der Waals surface area (Å²) in [7, 11) is 2.08. The van der Waals surface area contributed by atoms with E-state index in [4.69, 9.17) is 0 Å². The van der Waals surface area contributed by atoms with E-state index in [1.807, 2.05) is 6.92 Å². The molecule has 0 bridgehead atoms. The molecule has 0 unspecified atom stereocenters. The lowest BCUT2D eigenvalue weighted by atomic mass is 10.1. The first kappa shape index (κ1) is 8.12. The van der Waals surface area contributed by atoms with Crippen LogP contribution in [0.3, 0.4) is 0 Å². The molecule has 1 rings (SSSR count). The van der Waals surface area contributed by atoms with E-state index in [1.54, 1.807) is 0 Å². The molecular formula is C10H15N. The smallest absolute Gasteiger partial charge is 0.0215 e. The molecule has 0 radical (unpaired) electrons. The highest BCUT2D eigenvalue weighted by molar-refractivity contribution is 5.56. The molecule has 0 aliphatic rings. The van der Waals surface area contributed by atoms with E-state index in [1.165, 1.54) is 16.8 Å². The topological polar surface area (TPSA) is 4.93 Å². The van der Waals surface area contributed by atoms with Crippen molar-refractivity contribution in [2.75, 3.05) is 0 Å².